The molecule has 0 N–H and O–H groups in total. The van der Waals surface area contributed by atoms with Crippen LogP contribution in [0.1, 0.15) is 201 Å². The quantitative estimate of drug-likeness (QED) is 0.0372. The molecule has 14 nitrogen and oxygen atoms in total. The summed E-state index contributed by atoms with van der Waals surface area (Å²) in [6.45, 7) is 8.78. The summed E-state index contributed by atoms with van der Waals surface area (Å²) >= 11 is 0. The fourth-order valence-electron chi connectivity index (χ4n) is 6.92. The first-order valence-corrected chi connectivity index (χ1v) is 27.8. The van der Waals surface area contributed by atoms with Gasteiger partial charge in [0.2, 0.25) is 5.91 Å². The molecule has 0 fully saturated rings. The SMILES string of the molecule is CCCCCCCCCCCC(=O)N(CCOC(COCCCS(=O)(=O)[O-])OCCCCCCCCCC)CCOC(COCCCS(=O)(=O)[O-])OCCCCCCCCCC.[Na+].[Na+]. The maximum absolute atomic E-state index is 13.6. The van der Waals surface area contributed by atoms with Gasteiger partial charge in [0.15, 0.2) is 12.6 Å². The molecule has 0 aliphatic carbocycles. The number of nitrogens with zero attached hydrogens (tertiary/aromatic N) is 1. The Labute approximate surface area is 436 Å². The molecule has 1 amide bonds. The van der Waals surface area contributed by atoms with Gasteiger partial charge in [-0.15, -0.1) is 0 Å². The third-order valence-corrected chi connectivity index (χ3v) is 12.2. The van der Waals surface area contributed by atoms with Gasteiger partial charge in [-0.2, -0.15) is 0 Å². The van der Waals surface area contributed by atoms with Crippen molar-refractivity contribution in [3.63, 3.8) is 0 Å². The molecule has 0 aliphatic rings. The van der Waals surface area contributed by atoms with Crippen molar-refractivity contribution >= 4 is 26.1 Å². The molecule has 372 valence electrons. The van der Waals surface area contributed by atoms with E-state index in [1.807, 2.05) is 0 Å². The van der Waals surface area contributed by atoms with Crippen LogP contribution in [0.15, 0.2) is 0 Å². The molecule has 0 radical (unpaired) electrons. The van der Waals surface area contributed by atoms with Crippen LogP contribution in [0.5, 0.6) is 0 Å². The number of rotatable bonds is 50. The Balaban J connectivity index is -0.0000186. The van der Waals surface area contributed by atoms with E-state index in [1.165, 1.54) is 103 Å². The second kappa shape index (κ2) is 50.4. The normalized spacial score (nSPS) is 12.8. The molecule has 0 aliphatic heterocycles. The van der Waals surface area contributed by atoms with Crippen molar-refractivity contribution < 1.29 is 118 Å². The summed E-state index contributed by atoms with van der Waals surface area (Å²) < 4.78 is 102. The molecule has 0 saturated carbocycles. The molecule has 2 unspecified atom stereocenters. The topological polar surface area (TPSA) is 190 Å². The van der Waals surface area contributed by atoms with E-state index in [9.17, 15) is 30.7 Å². The Bertz CT molecular complexity index is 1130. The Morgan fingerprint density at radius 3 is 1.05 bits per heavy atom. The fourth-order valence-corrected chi connectivity index (χ4v) is 7.86. The average molecular weight is 976 g/mol. The standard InChI is InChI=1S/C46H93NO13S2.2Na/c1-4-7-10-13-16-19-20-23-26-31-44(48)47(32-38-59-45(42-55-34-29-40-61(49,50)51)57-36-27-24-21-17-14-11-8-5-2)33-39-60-46(43-56-35-30-41-62(52,53)54)58-37-28-25-22-18-15-12-9-6-3;;/h45-46H,4-43H2,1-3H3,(H,49,50,51)(H,52,53,54);;/q;2*+1/p-2. The minimum atomic E-state index is -4.33. The molecular formula is C46H91NNa2O13S2. The first-order valence-electron chi connectivity index (χ1n) is 24.7. The Morgan fingerprint density at radius 2 is 0.719 bits per heavy atom. The van der Waals surface area contributed by atoms with Gasteiger partial charge >= 0.3 is 59.1 Å². The van der Waals surface area contributed by atoms with Gasteiger partial charge in [0.05, 0.1) is 46.7 Å². The van der Waals surface area contributed by atoms with Crippen molar-refractivity contribution in [3.05, 3.63) is 0 Å². The van der Waals surface area contributed by atoms with E-state index in [-0.39, 0.29) is 131 Å². The predicted molar refractivity (Wildman–Crippen MR) is 245 cm³/mol. The molecule has 2 atom stereocenters. The van der Waals surface area contributed by atoms with Gasteiger partial charge in [-0.3, -0.25) is 4.79 Å². The summed E-state index contributed by atoms with van der Waals surface area (Å²) in [5, 5.41) is 0. The maximum atomic E-state index is 13.6. The molecule has 0 bridgehead atoms. The van der Waals surface area contributed by atoms with E-state index in [4.69, 9.17) is 28.4 Å². The van der Waals surface area contributed by atoms with Gasteiger partial charge in [-0.05, 0) is 32.1 Å². The van der Waals surface area contributed by atoms with Crippen LogP contribution in [0.2, 0.25) is 0 Å². The molecule has 0 spiro atoms. The van der Waals surface area contributed by atoms with E-state index in [0.717, 1.165) is 57.8 Å². The van der Waals surface area contributed by atoms with E-state index in [1.54, 1.807) is 4.90 Å². The van der Waals surface area contributed by atoms with E-state index >= 15 is 0 Å². The van der Waals surface area contributed by atoms with E-state index in [2.05, 4.69) is 20.8 Å². The van der Waals surface area contributed by atoms with Crippen molar-refractivity contribution in [1.82, 2.24) is 4.90 Å². The molecule has 0 saturated heterocycles. The Kier molecular flexibility index (Phi) is 54.6. The summed E-state index contributed by atoms with van der Waals surface area (Å²) in [6.07, 6.45) is 27.9. The van der Waals surface area contributed by atoms with E-state index in [0.29, 0.717) is 19.6 Å². The number of amides is 1. The van der Waals surface area contributed by atoms with E-state index < -0.39 is 44.3 Å². The van der Waals surface area contributed by atoms with Crippen LogP contribution in [0.4, 0.5) is 0 Å². The first kappa shape index (κ1) is 69.3. The van der Waals surface area contributed by atoms with Crippen LogP contribution in [0.3, 0.4) is 0 Å². The second-order valence-corrected chi connectivity index (χ2v) is 19.7. The number of carbonyl (C=O) groups is 1. The third-order valence-electron chi connectivity index (χ3n) is 10.7. The Morgan fingerprint density at radius 1 is 0.422 bits per heavy atom. The molecule has 0 rings (SSSR count). The smallest absolute Gasteiger partial charge is 0.748 e. The summed E-state index contributed by atoms with van der Waals surface area (Å²) in [4.78, 5) is 15.3. The van der Waals surface area contributed by atoms with Crippen LogP contribution in [0.25, 0.3) is 0 Å². The average Bonchev–Trinajstić information content (AvgIpc) is 3.22. The number of ether oxygens (including phenoxy) is 6. The van der Waals surface area contributed by atoms with Crippen molar-refractivity contribution in [2.45, 2.75) is 213 Å². The fraction of sp³-hybridized carbons (Fsp3) is 0.978. The van der Waals surface area contributed by atoms with Gasteiger partial charge in [-0.1, -0.05) is 162 Å². The molecule has 0 aromatic heterocycles. The molecule has 18 heteroatoms. The summed E-state index contributed by atoms with van der Waals surface area (Å²) in [7, 11) is -8.65. The predicted octanol–water partition coefficient (Wildman–Crippen LogP) is 3.65. The van der Waals surface area contributed by atoms with Gasteiger partial charge in [-0.25, -0.2) is 16.8 Å². The number of hydrogen-bond donors (Lipinski definition) is 0. The van der Waals surface area contributed by atoms with Crippen LogP contribution >= 0.6 is 0 Å². The zero-order chi connectivity index (χ0) is 45.8. The number of hydrogen-bond acceptors (Lipinski definition) is 13. The first-order chi connectivity index (χ1) is 29.9. The van der Waals surface area contributed by atoms with Crippen molar-refractivity contribution in [3.8, 4) is 0 Å². The second-order valence-electron chi connectivity index (χ2n) is 16.6. The van der Waals surface area contributed by atoms with Gasteiger partial charge in [0.1, 0.15) is 0 Å². The Hall–Kier alpha value is 1.05. The summed E-state index contributed by atoms with van der Waals surface area (Å²) in [5.74, 6) is -1.00. The van der Waals surface area contributed by atoms with Crippen LogP contribution in [-0.2, 0) is 53.5 Å². The minimum Gasteiger partial charge on any atom is -0.748 e. The minimum absolute atomic E-state index is 0. The zero-order valence-corrected chi connectivity index (χ0v) is 47.1. The van der Waals surface area contributed by atoms with Crippen molar-refractivity contribution in [2.75, 3.05) is 77.5 Å². The van der Waals surface area contributed by atoms with Crippen molar-refractivity contribution in [1.29, 1.82) is 0 Å². The van der Waals surface area contributed by atoms with Gasteiger partial charge in [0, 0.05) is 57.4 Å². The largest absolute Gasteiger partial charge is 1.00 e. The maximum Gasteiger partial charge on any atom is 1.00 e. The van der Waals surface area contributed by atoms with Crippen LogP contribution in [0, 0.1) is 0 Å². The molecule has 64 heavy (non-hydrogen) atoms. The van der Waals surface area contributed by atoms with Crippen molar-refractivity contribution in [2.24, 2.45) is 0 Å². The monoisotopic (exact) mass is 976 g/mol. The van der Waals surface area contributed by atoms with Crippen LogP contribution in [-0.4, -0.2) is 127 Å². The summed E-state index contributed by atoms with van der Waals surface area (Å²) in [6, 6.07) is 0. The number of unbranched alkanes of at least 4 members (excludes halogenated alkanes) is 22. The summed E-state index contributed by atoms with van der Waals surface area (Å²) in [5.41, 5.74) is 0. The van der Waals surface area contributed by atoms with Crippen LogP contribution < -0.4 is 59.1 Å². The number of carbonyl (C=O) groups excluding carboxylic acids is 1. The third kappa shape index (κ3) is 52.4. The molecule has 0 heterocycles. The molecule has 0 aromatic carbocycles. The zero-order valence-electron chi connectivity index (χ0n) is 41.5. The van der Waals surface area contributed by atoms with Gasteiger partial charge < -0.3 is 42.4 Å². The molecule has 0 aromatic rings. The molecular weight excluding hydrogens is 885 g/mol. The van der Waals surface area contributed by atoms with Gasteiger partial charge in [0.25, 0.3) is 0 Å².